The predicted octanol–water partition coefficient (Wildman–Crippen LogP) is 2.75. The Bertz CT molecular complexity index is 297. The number of benzene rings is 1. The average molecular weight is 220 g/mol. The fourth-order valence-electron chi connectivity index (χ4n) is 2.33. The zero-order valence-electron chi connectivity index (χ0n) is 9.64. The van der Waals surface area contributed by atoms with E-state index in [0.29, 0.717) is 12.5 Å². The van der Waals surface area contributed by atoms with Crippen LogP contribution in [0.5, 0.6) is 0 Å². The first-order chi connectivity index (χ1) is 7.84. The van der Waals surface area contributed by atoms with Gasteiger partial charge < -0.3 is 9.84 Å². The van der Waals surface area contributed by atoms with Crippen molar-refractivity contribution in [1.82, 2.24) is 0 Å². The van der Waals surface area contributed by atoms with Crippen molar-refractivity contribution in [3.05, 3.63) is 35.9 Å². The molecule has 88 valence electrons. The molecule has 0 aromatic heterocycles. The van der Waals surface area contributed by atoms with Crippen LogP contribution in [0.2, 0.25) is 0 Å². The Balaban J connectivity index is 1.68. The van der Waals surface area contributed by atoms with Crippen LogP contribution in [0.15, 0.2) is 30.3 Å². The second-order valence-electron chi connectivity index (χ2n) is 4.69. The van der Waals surface area contributed by atoms with Gasteiger partial charge in [0.1, 0.15) is 0 Å². The second kappa shape index (κ2) is 6.02. The summed E-state index contributed by atoms with van der Waals surface area (Å²) in [6, 6.07) is 10.2. The lowest BCUT2D eigenvalue weighted by molar-refractivity contribution is 0.0349. The van der Waals surface area contributed by atoms with Crippen molar-refractivity contribution >= 4 is 0 Å². The Morgan fingerprint density at radius 2 is 2.00 bits per heavy atom. The maximum Gasteiger partial charge on any atom is 0.0717 e. The Kier molecular flexibility index (Phi) is 4.37. The summed E-state index contributed by atoms with van der Waals surface area (Å²) in [6.07, 6.45) is 4.12. The molecule has 1 aromatic carbocycles. The van der Waals surface area contributed by atoms with E-state index in [4.69, 9.17) is 4.74 Å². The van der Waals surface area contributed by atoms with Crippen molar-refractivity contribution in [2.24, 2.45) is 5.92 Å². The third-order valence-electron chi connectivity index (χ3n) is 3.22. The van der Waals surface area contributed by atoms with Gasteiger partial charge in [0, 0.05) is 6.61 Å². The van der Waals surface area contributed by atoms with Crippen LogP contribution in [0, 0.1) is 5.92 Å². The number of rotatable bonds is 4. The maximum absolute atomic E-state index is 9.54. The molecule has 1 aliphatic rings. The van der Waals surface area contributed by atoms with Crippen LogP contribution in [0.3, 0.4) is 0 Å². The van der Waals surface area contributed by atoms with Crippen LogP contribution in [0.4, 0.5) is 0 Å². The van der Waals surface area contributed by atoms with Gasteiger partial charge in [0.15, 0.2) is 0 Å². The standard InChI is InChI=1S/C14H20O2/c15-14-8-4-7-13(9-14)11-16-10-12-5-2-1-3-6-12/h1-3,5-6,13-15H,4,7-11H2. The lowest BCUT2D eigenvalue weighted by Gasteiger charge is -2.25. The maximum atomic E-state index is 9.54. The molecule has 1 N–H and O–H groups in total. The first kappa shape index (κ1) is 11.6. The summed E-state index contributed by atoms with van der Waals surface area (Å²) < 4.78 is 5.70. The van der Waals surface area contributed by atoms with E-state index in [1.807, 2.05) is 18.2 Å². The molecule has 1 aromatic rings. The Labute approximate surface area is 97.3 Å². The lowest BCUT2D eigenvalue weighted by Crippen LogP contribution is -2.22. The minimum Gasteiger partial charge on any atom is -0.393 e. The average Bonchev–Trinajstić information content (AvgIpc) is 2.30. The lowest BCUT2D eigenvalue weighted by atomic mass is 9.88. The van der Waals surface area contributed by atoms with Crippen molar-refractivity contribution in [3.63, 3.8) is 0 Å². The van der Waals surface area contributed by atoms with Gasteiger partial charge in [-0.2, -0.15) is 0 Å². The van der Waals surface area contributed by atoms with Crippen LogP contribution < -0.4 is 0 Å². The third kappa shape index (κ3) is 3.62. The number of ether oxygens (including phenoxy) is 1. The third-order valence-corrected chi connectivity index (χ3v) is 3.22. The summed E-state index contributed by atoms with van der Waals surface area (Å²) in [4.78, 5) is 0. The molecule has 2 unspecified atom stereocenters. The molecule has 16 heavy (non-hydrogen) atoms. The van der Waals surface area contributed by atoms with Gasteiger partial charge in [0.05, 0.1) is 12.7 Å². The SMILES string of the molecule is OC1CCCC(COCc2ccccc2)C1. The van der Waals surface area contributed by atoms with Gasteiger partial charge >= 0.3 is 0 Å². The summed E-state index contributed by atoms with van der Waals surface area (Å²) in [6.45, 7) is 1.47. The smallest absolute Gasteiger partial charge is 0.0717 e. The molecule has 2 heteroatoms. The summed E-state index contributed by atoms with van der Waals surface area (Å²) in [5.74, 6) is 0.549. The van der Waals surface area contributed by atoms with E-state index in [0.717, 1.165) is 25.9 Å². The highest BCUT2D eigenvalue weighted by Gasteiger charge is 2.19. The van der Waals surface area contributed by atoms with E-state index in [2.05, 4.69) is 12.1 Å². The molecule has 2 nitrogen and oxygen atoms in total. The molecule has 1 aliphatic carbocycles. The van der Waals surface area contributed by atoms with Gasteiger partial charge in [-0.15, -0.1) is 0 Å². The van der Waals surface area contributed by atoms with Crippen LogP contribution in [-0.2, 0) is 11.3 Å². The molecule has 0 bridgehead atoms. The Hall–Kier alpha value is -0.860. The fraction of sp³-hybridized carbons (Fsp3) is 0.571. The van der Waals surface area contributed by atoms with Crippen molar-refractivity contribution in [2.45, 2.75) is 38.4 Å². The first-order valence-corrected chi connectivity index (χ1v) is 6.14. The van der Waals surface area contributed by atoms with E-state index >= 15 is 0 Å². The minimum absolute atomic E-state index is 0.0981. The topological polar surface area (TPSA) is 29.5 Å². The van der Waals surface area contributed by atoms with Gasteiger partial charge in [-0.25, -0.2) is 0 Å². The predicted molar refractivity (Wildman–Crippen MR) is 64.1 cm³/mol. The second-order valence-corrected chi connectivity index (χ2v) is 4.69. The number of hydrogen-bond acceptors (Lipinski definition) is 2. The normalized spacial score (nSPS) is 25.6. The van der Waals surface area contributed by atoms with Crippen molar-refractivity contribution < 1.29 is 9.84 Å². The van der Waals surface area contributed by atoms with Crippen molar-refractivity contribution in [2.75, 3.05) is 6.61 Å². The first-order valence-electron chi connectivity index (χ1n) is 6.14. The molecule has 0 radical (unpaired) electrons. The van der Waals surface area contributed by atoms with Crippen LogP contribution in [0.1, 0.15) is 31.2 Å². The molecule has 2 atom stereocenters. The van der Waals surface area contributed by atoms with E-state index in [1.54, 1.807) is 0 Å². The zero-order valence-corrected chi connectivity index (χ0v) is 9.64. The Morgan fingerprint density at radius 1 is 1.19 bits per heavy atom. The van der Waals surface area contributed by atoms with Crippen LogP contribution in [0.25, 0.3) is 0 Å². The van der Waals surface area contributed by atoms with E-state index in [1.165, 1.54) is 12.0 Å². The van der Waals surface area contributed by atoms with E-state index in [-0.39, 0.29) is 6.10 Å². The molecule has 0 spiro atoms. The highest BCUT2D eigenvalue weighted by atomic mass is 16.5. The quantitative estimate of drug-likeness (QED) is 0.845. The van der Waals surface area contributed by atoms with Gasteiger partial charge in [-0.05, 0) is 30.7 Å². The minimum atomic E-state index is -0.0981. The molecular formula is C14H20O2. The number of aliphatic hydroxyl groups is 1. The largest absolute Gasteiger partial charge is 0.393 e. The Morgan fingerprint density at radius 3 is 2.75 bits per heavy atom. The van der Waals surface area contributed by atoms with Gasteiger partial charge in [0.2, 0.25) is 0 Å². The molecule has 0 saturated heterocycles. The highest BCUT2D eigenvalue weighted by Crippen LogP contribution is 2.24. The summed E-state index contributed by atoms with van der Waals surface area (Å²) in [5.41, 5.74) is 1.22. The monoisotopic (exact) mass is 220 g/mol. The molecule has 1 saturated carbocycles. The molecule has 1 fully saturated rings. The van der Waals surface area contributed by atoms with Crippen molar-refractivity contribution in [1.29, 1.82) is 0 Å². The fourth-order valence-corrected chi connectivity index (χ4v) is 2.33. The highest BCUT2D eigenvalue weighted by molar-refractivity contribution is 5.13. The number of hydrogen-bond donors (Lipinski definition) is 1. The molecular weight excluding hydrogens is 200 g/mol. The summed E-state index contributed by atoms with van der Waals surface area (Å²) in [5, 5.41) is 9.54. The van der Waals surface area contributed by atoms with Crippen LogP contribution in [-0.4, -0.2) is 17.8 Å². The van der Waals surface area contributed by atoms with Gasteiger partial charge in [-0.1, -0.05) is 36.8 Å². The molecule has 0 amide bonds. The number of aliphatic hydroxyl groups excluding tert-OH is 1. The van der Waals surface area contributed by atoms with Gasteiger partial charge in [-0.3, -0.25) is 0 Å². The van der Waals surface area contributed by atoms with E-state index < -0.39 is 0 Å². The zero-order chi connectivity index (χ0) is 11.2. The van der Waals surface area contributed by atoms with Crippen LogP contribution >= 0.6 is 0 Å². The molecule has 0 heterocycles. The van der Waals surface area contributed by atoms with E-state index in [9.17, 15) is 5.11 Å². The van der Waals surface area contributed by atoms with Crippen molar-refractivity contribution in [3.8, 4) is 0 Å². The summed E-state index contributed by atoms with van der Waals surface area (Å²) in [7, 11) is 0. The van der Waals surface area contributed by atoms with Gasteiger partial charge in [0.25, 0.3) is 0 Å². The summed E-state index contributed by atoms with van der Waals surface area (Å²) >= 11 is 0. The molecule has 2 rings (SSSR count). The molecule has 0 aliphatic heterocycles.